The van der Waals surface area contributed by atoms with Gasteiger partial charge in [0, 0.05) is 38.5 Å². The Morgan fingerprint density at radius 1 is 1.29 bits per heavy atom. The van der Waals surface area contributed by atoms with Crippen molar-refractivity contribution < 1.29 is 4.74 Å². The summed E-state index contributed by atoms with van der Waals surface area (Å²) >= 11 is 2.02. The molecule has 21 heavy (non-hydrogen) atoms. The molecule has 2 aliphatic heterocycles. The van der Waals surface area contributed by atoms with E-state index in [9.17, 15) is 0 Å². The summed E-state index contributed by atoms with van der Waals surface area (Å²) in [6, 6.07) is 8.71. The smallest absolute Gasteiger partial charge is 0.120 e. The Bertz CT molecular complexity index is 429. The third-order valence-electron chi connectivity index (χ3n) is 4.25. The van der Waals surface area contributed by atoms with Crippen LogP contribution in [0.3, 0.4) is 0 Å². The van der Waals surface area contributed by atoms with Crippen molar-refractivity contribution in [3.63, 3.8) is 0 Å². The van der Waals surface area contributed by atoms with Gasteiger partial charge in [-0.1, -0.05) is 12.1 Å². The van der Waals surface area contributed by atoms with E-state index in [1.807, 2.05) is 11.8 Å². The Balaban J connectivity index is 1.50. The third-order valence-corrected chi connectivity index (χ3v) is 5.43. The molecule has 1 atom stereocenters. The quantitative estimate of drug-likeness (QED) is 0.903. The topological polar surface area (TPSA) is 24.5 Å². The number of benzene rings is 1. The molecule has 2 aliphatic rings. The Morgan fingerprint density at radius 3 is 3.00 bits per heavy atom. The SMILES string of the molecule is c1cc(CCN2CCNCC2)cc(OC2CCCSC2)c1. The van der Waals surface area contributed by atoms with Gasteiger partial charge in [0.2, 0.25) is 0 Å². The molecular formula is C17H26N2OS. The average Bonchev–Trinajstić information content (AvgIpc) is 2.55. The fourth-order valence-corrected chi connectivity index (χ4v) is 4.03. The van der Waals surface area contributed by atoms with E-state index in [-0.39, 0.29) is 0 Å². The second-order valence-electron chi connectivity index (χ2n) is 5.95. The van der Waals surface area contributed by atoms with Crippen LogP contribution in [0.1, 0.15) is 18.4 Å². The summed E-state index contributed by atoms with van der Waals surface area (Å²) in [6.45, 7) is 5.76. The number of hydrogen-bond acceptors (Lipinski definition) is 4. The second kappa shape index (κ2) is 8.06. The lowest BCUT2D eigenvalue weighted by Gasteiger charge is -2.27. The number of ether oxygens (including phenoxy) is 1. The molecular weight excluding hydrogens is 280 g/mol. The van der Waals surface area contributed by atoms with Gasteiger partial charge in [0.1, 0.15) is 11.9 Å². The van der Waals surface area contributed by atoms with Gasteiger partial charge < -0.3 is 15.0 Å². The van der Waals surface area contributed by atoms with E-state index in [4.69, 9.17) is 4.74 Å². The average molecular weight is 306 g/mol. The number of piperazine rings is 1. The van der Waals surface area contributed by atoms with Crippen LogP contribution in [-0.2, 0) is 6.42 Å². The minimum Gasteiger partial charge on any atom is -0.490 e. The van der Waals surface area contributed by atoms with Gasteiger partial charge in [-0.05, 0) is 42.7 Å². The fourth-order valence-electron chi connectivity index (χ4n) is 2.99. The lowest BCUT2D eigenvalue weighted by atomic mass is 10.1. The summed E-state index contributed by atoms with van der Waals surface area (Å²) in [5.41, 5.74) is 1.40. The first kappa shape index (κ1) is 15.2. The zero-order chi connectivity index (χ0) is 14.3. The maximum absolute atomic E-state index is 6.14. The summed E-state index contributed by atoms with van der Waals surface area (Å²) in [5.74, 6) is 3.50. The van der Waals surface area contributed by atoms with Gasteiger partial charge in [-0.3, -0.25) is 0 Å². The van der Waals surface area contributed by atoms with Crippen molar-refractivity contribution in [2.75, 3.05) is 44.2 Å². The minimum atomic E-state index is 0.409. The molecule has 3 rings (SSSR count). The van der Waals surface area contributed by atoms with Crippen molar-refractivity contribution in [3.8, 4) is 5.75 Å². The van der Waals surface area contributed by atoms with Gasteiger partial charge in [0.25, 0.3) is 0 Å². The standard InChI is InChI=1S/C17H26N2OS/c1-3-15(6-9-19-10-7-18-8-11-19)13-16(4-1)20-17-5-2-12-21-14-17/h1,3-4,13,17-18H,2,5-12,14H2. The number of hydrogen-bond donors (Lipinski definition) is 1. The van der Waals surface area contributed by atoms with Crippen molar-refractivity contribution >= 4 is 11.8 Å². The lowest BCUT2D eigenvalue weighted by molar-refractivity contribution is 0.211. The first-order valence-electron chi connectivity index (χ1n) is 8.16. The van der Waals surface area contributed by atoms with E-state index in [0.29, 0.717) is 6.10 Å². The highest BCUT2D eigenvalue weighted by atomic mass is 32.2. The largest absolute Gasteiger partial charge is 0.490 e. The molecule has 3 nitrogen and oxygen atoms in total. The first-order valence-corrected chi connectivity index (χ1v) is 9.32. The molecule has 0 saturated carbocycles. The minimum absolute atomic E-state index is 0.409. The van der Waals surface area contributed by atoms with Gasteiger partial charge in [-0.25, -0.2) is 0 Å². The van der Waals surface area contributed by atoms with Gasteiger partial charge >= 0.3 is 0 Å². The molecule has 4 heteroatoms. The molecule has 2 saturated heterocycles. The Morgan fingerprint density at radius 2 is 2.19 bits per heavy atom. The van der Waals surface area contributed by atoms with Crippen LogP contribution in [0.5, 0.6) is 5.75 Å². The zero-order valence-corrected chi connectivity index (χ0v) is 13.5. The van der Waals surface area contributed by atoms with Crippen LogP contribution in [0, 0.1) is 0 Å². The van der Waals surface area contributed by atoms with Crippen molar-refractivity contribution in [2.24, 2.45) is 0 Å². The molecule has 0 amide bonds. The van der Waals surface area contributed by atoms with Crippen LogP contribution >= 0.6 is 11.8 Å². The third kappa shape index (κ3) is 4.90. The monoisotopic (exact) mass is 306 g/mol. The molecule has 0 spiro atoms. The first-order chi connectivity index (χ1) is 10.4. The van der Waals surface area contributed by atoms with Crippen molar-refractivity contribution in [2.45, 2.75) is 25.4 Å². The van der Waals surface area contributed by atoms with Crippen molar-refractivity contribution in [1.29, 1.82) is 0 Å². The molecule has 1 unspecified atom stereocenters. The van der Waals surface area contributed by atoms with Gasteiger partial charge in [-0.2, -0.15) is 11.8 Å². The second-order valence-corrected chi connectivity index (χ2v) is 7.10. The molecule has 1 aromatic carbocycles. The Kier molecular flexibility index (Phi) is 5.83. The molecule has 1 aromatic rings. The molecule has 0 aromatic heterocycles. The van der Waals surface area contributed by atoms with E-state index in [1.165, 1.54) is 37.2 Å². The molecule has 2 fully saturated rings. The maximum atomic E-state index is 6.14. The summed E-state index contributed by atoms with van der Waals surface area (Å²) in [6.07, 6.45) is 4.03. The Hall–Kier alpha value is -0.710. The van der Waals surface area contributed by atoms with Crippen LogP contribution < -0.4 is 10.1 Å². The highest BCUT2D eigenvalue weighted by molar-refractivity contribution is 7.99. The van der Waals surface area contributed by atoms with Gasteiger partial charge in [0.05, 0.1) is 0 Å². The maximum Gasteiger partial charge on any atom is 0.120 e. The lowest BCUT2D eigenvalue weighted by Crippen LogP contribution is -2.44. The van der Waals surface area contributed by atoms with E-state index < -0.39 is 0 Å². The van der Waals surface area contributed by atoms with Crippen LogP contribution in [0.15, 0.2) is 24.3 Å². The molecule has 1 N–H and O–H groups in total. The molecule has 0 radical (unpaired) electrons. The van der Waals surface area contributed by atoms with Crippen LogP contribution in [0.2, 0.25) is 0 Å². The van der Waals surface area contributed by atoms with E-state index in [1.54, 1.807) is 0 Å². The van der Waals surface area contributed by atoms with Crippen LogP contribution in [0.25, 0.3) is 0 Å². The Labute approximate surface area is 132 Å². The fraction of sp³-hybridized carbons (Fsp3) is 0.647. The molecule has 0 bridgehead atoms. The normalized spacial score (nSPS) is 23.9. The molecule has 2 heterocycles. The molecule has 0 aliphatic carbocycles. The van der Waals surface area contributed by atoms with E-state index in [0.717, 1.165) is 37.6 Å². The summed E-state index contributed by atoms with van der Waals surface area (Å²) in [4.78, 5) is 2.54. The van der Waals surface area contributed by atoms with Crippen LogP contribution in [-0.4, -0.2) is 55.2 Å². The van der Waals surface area contributed by atoms with Crippen molar-refractivity contribution in [1.82, 2.24) is 10.2 Å². The van der Waals surface area contributed by atoms with E-state index in [2.05, 4.69) is 34.5 Å². The van der Waals surface area contributed by atoms with Crippen molar-refractivity contribution in [3.05, 3.63) is 29.8 Å². The predicted octanol–water partition coefficient (Wildman–Crippen LogP) is 2.41. The highest BCUT2D eigenvalue weighted by Crippen LogP contribution is 2.23. The van der Waals surface area contributed by atoms with Gasteiger partial charge in [-0.15, -0.1) is 0 Å². The zero-order valence-electron chi connectivity index (χ0n) is 12.7. The highest BCUT2D eigenvalue weighted by Gasteiger charge is 2.15. The number of nitrogens with one attached hydrogen (secondary N) is 1. The number of nitrogens with zero attached hydrogens (tertiary/aromatic N) is 1. The number of thioether (sulfide) groups is 1. The van der Waals surface area contributed by atoms with E-state index >= 15 is 0 Å². The summed E-state index contributed by atoms with van der Waals surface area (Å²) < 4.78 is 6.14. The number of rotatable bonds is 5. The van der Waals surface area contributed by atoms with Crippen LogP contribution in [0.4, 0.5) is 0 Å². The summed E-state index contributed by atoms with van der Waals surface area (Å²) in [7, 11) is 0. The predicted molar refractivity (Wildman–Crippen MR) is 90.4 cm³/mol. The van der Waals surface area contributed by atoms with Gasteiger partial charge in [0.15, 0.2) is 0 Å². The summed E-state index contributed by atoms with van der Waals surface area (Å²) in [5, 5.41) is 3.40. The molecule has 116 valence electrons.